The lowest BCUT2D eigenvalue weighted by molar-refractivity contribution is -0.134. The van der Waals surface area contributed by atoms with Crippen LogP contribution in [0.3, 0.4) is 0 Å². The molecular weight excluding hydrogens is 268 g/mol. The highest BCUT2D eigenvalue weighted by Gasteiger charge is 2.17. The first-order chi connectivity index (χ1) is 10.1. The van der Waals surface area contributed by atoms with Crippen LogP contribution in [-0.4, -0.2) is 36.5 Å². The second kappa shape index (κ2) is 7.11. The average molecular weight is 290 g/mol. The molecule has 0 unspecified atom stereocenters. The summed E-state index contributed by atoms with van der Waals surface area (Å²) in [6.07, 6.45) is 4.37. The quantitative estimate of drug-likeness (QED) is 0.683. The Morgan fingerprint density at radius 2 is 1.86 bits per heavy atom. The van der Waals surface area contributed by atoms with E-state index in [0.717, 1.165) is 44.3 Å². The molecular formula is C16H22N2O3. The van der Waals surface area contributed by atoms with Crippen LogP contribution in [0.4, 0.5) is 5.69 Å². The summed E-state index contributed by atoms with van der Waals surface area (Å²) in [5.41, 5.74) is 7.59. The van der Waals surface area contributed by atoms with E-state index >= 15 is 0 Å². The molecule has 5 nitrogen and oxygen atoms in total. The van der Waals surface area contributed by atoms with Crippen LogP contribution < -0.4 is 5.73 Å². The summed E-state index contributed by atoms with van der Waals surface area (Å²) >= 11 is 0. The zero-order valence-electron chi connectivity index (χ0n) is 12.4. The number of carbonyl (C=O) groups is 2. The molecule has 1 fully saturated rings. The van der Waals surface area contributed by atoms with Crippen LogP contribution in [-0.2, 0) is 9.53 Å². The Bertz CT molecular complexity index is 520. The molecule has 2 rings (SSSR count). The maximum atomic E-state index is 12.0. The minimum atomic E-state index is -0.485. The van der Waals surface area contributed by atoms with Gasteiger partial charge in [-0.1, -0.05) is 12.8 Å². The highest BCUT2D eigenvalue weighted by molar-refractivity contribution is 5.92. The summed E-state index contributed by atoms with van der Waals surface area (Å²) in [5, 5.41) is 0. The van der Waals surface area contributed by atoms with Gasteiger partial charge in [0.15, 0.2) is 6.61 Å². The lowest BCUT2D eigenvalue weighted by Gasteiger charge is -2.19. The van der Waals surface area contributed by atoms with Crippen molar-refractivity contribution < 1.29 is 14.3 Å². The number of aryl methyl sites for hydroxylation is 1. The number of likely N-dealkylation sites (tertiary alicyclic amines) is 1. The van der Waals surface area contributed by atoms with Crippen LogP contribution in [0, 0.1) is 6.92 Å². The number of nitrogens with zero attached hydrogens (tertiary/aromatic N) is 1. The van der Waals surface area contributed by atoms with Crippen LogP contribution in [0.1, 0.15) is 41.6 Å². The second-order valence-electron chi connectivity index (χ2n) is 5.44. The Balaban J connectivity index is 1.87. The largest absolute Gasteiger partial charge is 0.452 e. The first-order valence-corrected chi connectivity index (χ1v) is 7.39. The van der Waals surface area contributed by atoms with E-state index in [4.69, 9.17) is 10.5 Å². The average Bonchev–Trinajstić information content (AvgIpc) is 2.76. The molecule has 0 spiro atoms. The number of amides is 1. The van der Waals surface area contributed by atoms with Gasteiger partial charge in [-0.25, -0.2) is 4.79 Å². The lowest BCUT2D eigenvalue weighted by atomic mass is 10.1. The SMILES string of the molecule is Cc1cc(C(=O)OCC(=O)N2CCCCCC2)ccc1N. The third-order valence-corrected chi connectivity index (χ3v) is 3.79. The summed E-state index contributed by atoms with van der Waals surface area (Å²) in [6.45, 7) is 3.16. The van der Waals surface area contributed by atoms with Crippen molar-refractivity contribution in [3.63, 3.8) is 0 Å². The van der Waals surface area contributed by atoms with Crippen LogP contribution in [0.25, 0.3) is 0 Å². The van der Waals surface area contributed by atoms with Crippen molar-refractivity contribution >= 4 is 17.6 Å². The van der Waals surface area contributed by atoms with Crippen molar-refractivity contribution in [2.75, 3.05) is 25.4 Å². The molecule has 0 radical (unpaired) electrons. The molecule has 0 atom stereocenters. The molecule has 0 bridgehead atoms. The molecule has 2 N–H and O–H groups in total. The van der Waals surface area contributed by atoms with Gasteiger partial charge in [-0.15, -0.1) is 0 Å². The van der Waals surface area contributed by atoms with E-state index < -0.39 is 5.97 Å². The smallest absolute Gasteiger partial charge is 0.338 e. The van der Waals surface area contributed by atoms with E-state index in [2.05, 4.69) is 0 Å². The summed E-state index contributed by atoms with van der Waals surface area (Å²) < 4.78 is 5.11. The zero-order chi connectivity index (χ0) is 15.2. The monoisotopic (exact) mass is 290 g/mol. The normalized spacial score (nSPS) is 15.4. The predicted octanol–water partition coefficient (Wildman–Crippen LogP) is 2.14. The maximum Gasteiger partial charge on any atom is 0.338 e. The summed E-state index contributed by atoms with van der Waals surface area (Å²) in [5.74, 6) is -0.598. The Kier molecular flexibility index (Phi) is 5.20. The van der Waals surface area contributed by atoms with Crippen LogP contribution in [0.5, 0.6) is 0 Å². The number of benzene rings is 1. The number of esters is 1. The maximum absolute atomic E-state index is 12.0. The topological polar surface area (TPSA) is 72.6 Å². The number of hydrogen-bond donors (Lipinski definition) is 1. The van der Waals surface area contributed by atoms with E-state index in [-0.39, 0.29) is 12.5 Å². The fourth-order valence-corrected chi connectivity index (χ4v) is 2.42. The molecule has 1 aromatic rings. The Labute approximate surface area is 125 Å². The van der Waals surface area contributed by atoms with Gasteiger partial charge >= 0.3 is 5.97 Å². The molecule has 0 aromatic heterocycles. The third kappa shape index (κ3) is 4.21. The predicted molar refractivity (Wildman–Crippen MR) is 80.9 cm³/mol. The van der Waals surface area contributed by atoms with Crippen molar-refractivity contribution in [1.29, 1.82) is 0 Å². The Morgan fingerprint density at radius 3 is 2.48 bits per heavy atom. The van der Waals surface area contributed by atoms with Gasteiger partial charge in [-0.3, -0.25) is 4.79 Å². The molecule has 1 amide bonds. The molecule has 1 aliphatic rings. The zero-order valence-corrected chi connectivity index (χ0v) is 12.4. The third-order valence-electron chi connectivity index (χ3n) is 3.79. The van der Waals surface area contributed by atoms with Crippen molar-refractivity contribution in [2.45, 2.75) is 32.6 Å². The number of rotatable bonds is 3. The first kappa shape index (κ1) is 15.4. The summed E-state index contributed by atoms with van der Waals surface area (Å²) in [6, 6.07) is 4.96. The van der Waals surface area contributed by atoms with Crippen molar-refractivity contribution in [1.82, 2.24) is 4.90 Å². The summed E-state index contributed by atoms with van der Waals surface area (Å²) in [4.78, 5) is 25.8. The minimum absolute atomic E-state index is 0.114. The first-order valence-electron chi connectivity index (χ1n) is 7.39. The highest BCUT2D eigenvalue weighted by atomic mass is 16.5. The van der Waals surface area contributed by atoms with Gasteiger partial charge in [0.25, 0.3) is 5.91 Å². The Morgan fingerprint density at radius 1 is 1.19 bits per heavy atom. The van der Waals surface area contributed by atoms with Gasteiger partial charge in [-0.05, 0) is 43.5 Å². The van der Waals surface area contributed by atoms with E-state index in [0.29, 0.717) is 11.3 Å². The molecule has 5 heteroatoms. The van der Waals surface area contributed by atoms with E-state index in [1.807, 2.05) is 6.92 Å². The minimum Gasteiger partial charge on any atom is -0.452 e. The molecule has 1 aromatic carbocycles. The number of nitrogen functional groups attached to an aromatic ring is 1. The number of ether oxygens (including phenoxy) is 1. The fourth-order valence-electron chi connectivity index (χ4n) is 2.42. The lowest BCUT2D eigenvalue weighted by Crippen LogP contribution is -2.35. The van der Waals surface area contributed by atoms with Gasteiger partial charge in [0.1, 0.15) is 0 Å². The standard InChI is InChI=1S/C16H22N2O3/c1-12-10-13(6-7-14(12)17)16(20)21-11-15(19)18-8-4-2-3-5-9-18/h6-7,10H,2-5,8-9,11,17H2,1H3. The Hall–Kier alpha value is -2.04. The highest BCUT2D eigenvalue weighted by Crippen LogP contribution is 2.14. The fraction of sp³-hybridized carbons (Fsp3) is 0.500. The number of hydrogen-bond acceptors (Lipinski definition) is 4. The van der Waals surface area contributed by atoms with Crippen LogP contribution in [0.2, 0.25) is 0 Å². The molecule has 1 heterocycles. The van der Waals surface area contributed by atoms with E-state index in [9.17, 15) is 9.59 Å². The molecule has 0 aliphatic carbocycles. The molecule has 114 valence electrons. The second-order valence-corrected chi connectivity index (χ2v) is 5.44. The molecule has 21 heavy (non-hydrogen) atoms. The van der Waals surface area contributed by atoms with Gasteiger partial charge < -0.3 is 15.4 Å². The van der Waals surface area contributed by atoms with E-state index in [1.165, 1.54) is 0 Å². The molecule has 1 saturated heterocycles. The number of anilines is 1. The van der Waals surface area contributed by atoms with Gasteiger partial charge in [0, 0.05) is 18.8 Å². The van der Waals surface area contributed by atoms with Crippen molar-refractivity contribution in [2.24, 2.45) is 0 Å². The number of nitrogens with two attached hydrogens (primary N) is 1. The molecule has 0 saturated carbocycles. The summed E-state index contributed by atoms with van der Waals surface area (Å²) in [7, 11) is 0. The van der Waals surface area contributed by atoms with Crippen molar-refractivity contribution in [3.05, 3.63) is 29.3 Å². The molecule has 1 aliphatic heterocycles. The van der Waals surface area contributed by atoms with Crippen LogP contribution in [0.15, 0.2) is 18.2 Å². The van der Waals surface area contributed by atoms with E-state index in [1.54, 1.807) is 23.1 Å². The number of carbonyl (C=O) groups excluding carboxylic acids is 2. The van der Waals surface area contributed by atoms with Gasteiger partial charge in [-0.2, -0.15) is 0 Å². The van der Waals surface area contributed by atoms with Gasteiger partial charge in [0.05, 0.1) is 5.56 Å². The van der Waals surface area contributed by atoms with Gasteiger partial charge in [0.2, 0.25) is 0 Å². The van der Waals surface area contributed by atoms with Crippen LogP contribution >= 0.6 is 0 Å². The van der Waals surface area contributed by atoms with Crippen molar-refractivity contribution in [3.8, 4) is 0 Å².